The molecule has 0 aliphatic heterocycles. The third-order valence-electron chi connectivity index (χ3n) is 3.41. The van der Waals surface area contributed by atoms with Gasteiger partial charge in [0.1, 0.15) is 11.6 Å². The van der Waals surface area contributed by atoms with Crippen LogP contribution in [0, 0.1) is 5.82 Å². The van der Waals surface area contributed by atoms with Crippen LogP contribution in [-0.4, -0.2) is 15.5 Å². The monoisotopic (exact) mass is 283 g/mol. The Bertz CT molecular complexity index is 810. The van der Waals surface area contributed by atoms with E-state index in [1.807, 2.05) is 35.9 Å². The van der Waals surface area contributed by atoms with Crippen LogP contribution >= 0.6 is 0 Å². The Kier molecular flexibility index (Phi) is 3.39. The normalized spacial score (nSPS) is 10.8. The highest BCUT2D eigenvalue weighted by molar-refractivity contribution is 5.94. The van der Waals surface area contributed by atoms with Crippen LogP contribution in [0.25, 0.3) is 11.0 Å². The maximum Gasteiger partial charge on any atom is 0.254 e. The van der Waals surface area contributed by atoms with E-state index >= 15 is 0 Å². The molecule has 0 saturated heterocycles. The van der Waals surface area contributed by atoms with Crippen molar-refractivity contribution in [2.24, 2.45) is 7.05 Å². The highest BCUT2D eigenvalue weighted by atomic mass is 19.1. The maximum atomic E-state index is 13.5. The molecule has 3 aromatic rings. The van der Waals surface area contributed by atoms with E-state index in [0.717, 1.165) is 16.9 Å². The first kappa shape index (κ1) is 13.3. The maximum absolute atomic E-state index is 13.5. The number of hydrogen-bond donors (Lipinski definition) is 1. The second-order valence-electron chi connectivity index (χ2n) is 4.74. The first-order valence-corrected chi connectivity index (χ1v) is 6.60. The van der Waals surface area contributed by atoms with E-state index in [2.05, 4.69) is 10.3 Å². The van der Waals surface area contributed by atoms with Crippen molar-refractivity contribution in [3.63, 3.8) is 0 Å². The average Bonchev–Trinajstić information content (AvgIpc) is 2.82. The highest BCUT2D eigenvalue weighted by Crippen LogP contribution is 2.14. The highest BCUT2D eigenvalue weighted by Gasteiger charge is 2.12. The lowest BCUT2D eigenvalue weighted by Gasteiger charge is -2.06. The van der Waals surface area contributed by atoms with Gasteiger partial charge >= 0.3 is 0 Å². The van der Waals surface area contributed by atoms with Crippen LogP contribution in [0.5, 0.6) is 0 Å². The molecule has 0 atom stereocenters. The molecule has 0 aliphatic carbocycles. The van der Waals surface area contributed by atoms with Crippen molar-refractivity contribution in [3.05, 3.63) is 65.7 Å². The van der Waals surface area contributed by atoms with Gasteiger partial charge in [0.25, 0.3) is 5.91 Å². The number of carbonyl (C=O) groups is 1. The standard InChI is InChI=1S/C16H14FN3O/c1-20-14-9-5-4-8-13(14)19-15(20)10-18-16(21)11-6-2-3-7-12(11)17/h2-9H,10H2,1H3,(H,18,21). The van der Waals surface area contributed by atoms with Crippen molar-refractivity contribution >= 4 is 16.9 Å². The molecule has 106 valence electrons. The summed E-state index contributed by atoms with van der Waals surface area (Å²) in [6, 6.07) is 13.6. The van der Waals surface area contributed by atoms with Crippen LogP contribution < -0.4 is 5.32 Å². The summed E-state index contributed by atoms with van der Waals surface area (Å²) in [4.78, 5) is 16.4. The molecule has 0 radical (unpaired) electrons. The topological polar surface area (TPSA) is 46.9 Å². The smallest absolute Gasteiger partial charge is 0.254 e. The summed E-state index contributed by atoms with van der Waals surface area (Å²) < 4.78 is 15.4. The van der Waals surface area contributed by atoms with Crippen molar-refractivity contribution in [1.82, 2.24) is 14.9 Å². The Morgan fingerprint density at radius 1 is 1.19 bits per heavy atom. The van der Waals surface area contributed by atoms with Crippen LogP contribution in [-0.2, 0) is 13.6 Å². The third kappa shape index (κ3) is 2.50. The number of nitrogens with zero attached hydrogens (tertiary/aromatic N) is 2. The largest absolute Gasteiger partial charge is 0.345 e. The van der Waals surface area contributed by atoms with Gasteiger partial charge in [-0.05, 0) is 24.3 Å². The number of carbonyl (C=O) groups excluding carboxylic acids is 1. The lowest BCUT2D eigenvalue weighted by Crippen LogP contribution is -2.25. The predicted molar refractivity (Wildman–Crippen MR) is 78.3 cm³/mol. The summed E-state index contributed by atoms with van der Waals surface area (Å²) in [7, 11) is 1.89. The summed E-state index contributed by atoms with van der Waals surface area (Å²) in [5.41, 5.74) is 1.90. The first-order valence-electron chi connectivity index (χ1n) is 6.60. The zero-order valence-corrected chi connectivity index (χ0v) is 11.5. The van der Waals surface area contributed by atoms with Crippen LogP contribution in [0.4, 0.5) is 4.39 Å². The summed E-state index contributed by atoms with van der Waals surface area (Å²) >= 11 is 0. The predicted octanol–water partition coefficient (Wildman–Crippen LogP) is 2.64. The number of hydrogen-bond acceptors (Lipinski definition) is 2. The number of fused-ring (bicyclic) bond motifs is 1. The number of aromatic nitrogens is 2. The average molecular weight is 283 g/mol. The molecule has 0 aliphatic rings. The molecule has 0 saturated carbocycles. The van der Waals surface area contributed by atoms with E-state index < -0.39 is 11.7 Å². The second kappa shape index (κ2) is 5.36. The lowest BCUT2D eigenvalue weighted by atomic mass is 10.2. The van der Waals surface area contributed by atoms with Crippen molar-refractivity contribution in [3.8, 4) is 0 Å². The molecule has 1 N–H and O–H groups in total. The van der Waals surface area contributed by atoms with E-state index in [1.54, 1.807) is 12.1 Å². The van der Waals surface area contributed by atoms with Crippen molar-refractivity contribution < 1.29 is 9.18 Å². The molecule has 2 aromatic carbocycles. The minimum atomic E-state index is -0.528. The number of aryl methyl sites for hydroxylation is 1. The number of rotatable bonds is 3. The fourth-order valence-corrected chi connectivity index (χ4v) is 2.25. The number of para-hydroxylation sites is 2. The van der Waals surface area contributed by atoms with Crippen molar-refractivity contribution in [2.75, 3.05) is 0 Å². The van der Waals surface area contributed by atoms with E-state index in [9.17, 15) is 9.18 Å². The number of imidazole rings is 1. The number of benzene rings is 2. The van der Waals surface area contributed by atoms with Gasteiger partial charge in [0.2, 0.25) is 0 Å². The minimum absolute atomic E-state index is 0.0382. The van der Waals surface area contributed by atoms with Gasteiger partial charge in [-0.3, -0.25) is 4.79 Å². The molecule has 0 fully saturated rings. The van der Waals surface area contributed by atoms with Gasteiger partial charge in [-0.25, -0.2) is 9.37 Å². The molecular weight excluding hydrogens is 269 g/mol. The van der Waals surface area contributed by atoms with Gasteiger partial charge in [0, 0.05) is 7.05 Å². The van der Waals surface area contributed by atoms with Gasteiger partial charge in [-0.2, -0.15) is 0 Å². The molecule has 1 aromatic heterocycles. The Balaban J connectivity index is 1.79. The number of amides is 1. The molecule has 0 spiro atoms. The zero-order valence-electron chi connectivity index (χ0n) is 11.5. The van der Waals surface area contributed by atoms with Gasteiger partial charge in [0.15, 0.2) is 0 Å². The Morgan fingerprint density at radius 2 is 1.90 bits per heavy atom. The molecule has 3 rings (SSSR count). The first-order chi connectivity index (χ1) is 10.2. The summed E-state index contributed by atoms with van der Waals surface area (Å²) in [6.07, 6.45) is 0. The van der Waals surface area contributed by atoms with Gasteiger partial charge in [-0.1, -0.05) is 24.3 Å². The molecule has 0 bridgehead atoms. The lowest BCUT2D eigenvalue weighted by molar-refractivity contribution is 0.0945. The fourth-order valence-electron chi connectivity index (χ4n) is 2.25. The van der Waals surface area contributed by atoms with Gasteiger partial charge in [0.05, 0.1) is 23.1 Å². The van der Waals surface area contributed by atoms with Gasteiger partial charge in [-0.15, -0.1) is 0 Å². The number of halogens is 1. The third-order valence-corrected chi connectivity index (χ3v) is 3.41. The minimum Gasteiger partial charge on any atom is -0.345 e. The van der Waals surface area contributed by atoms with E-state index in [-0.39, 0.29) is 12.1 Å². The Hall–Kier alpha value is -2.69. The second-order valence-corrected chi connectivity index (χ2v) is 4.74. The van der Waals surface area contributed by atoms with Crippen molar-refractivity contribution in [1.29, 1.82) is 0 Å². The summed E-state index contributed by atoms with van der Waals surface area (Å²) in [5.74, 6) is -0.249. The van der Waals surface area contributed by atoms with Gasteiger partial charge < -0.3 is 9.88 Å². The summed E-state index contributed by atoms with van der Waals surface area (Å²) in [5, 5.41) is 2.70. The molecule has 0 unspecified atom stereocenters. The SMILES string of the molecule is Cn1c(CNC(=O)c2ccccc2F)nc2ccccc21. The van der Waals surface area contributed by atoms with Crippen LogP contribution in [0.1, 0.15) is 16.2 Å². The quantitative estimate of drug-likeness (QED) is 0.803. The van der Waals surface area contributed by atoms with E-state index in [4.69, 9.17) is 0 Å². The molecule has 5 heteroatoms. The fraction of sp³-hybridized carbons (Fsp3) is 0.125. The van der Waals surface area contributed by atoms with Crippen LogP contribution in [0.2, 0.25) is 0 Å². The molecule has 1 amide bonds. The molecule has 4 nitrogen and oxygen atoms in total. The van der Waals surface area contributed by atoms with Crippen LogP contribution in [0.3, 0.4) is 0 Å². The Labute approximate surface area is 121 Å². The molecule has 1 heterocycles. The Morgan fingerprint density at radius 3 is 2.67 bits per heavy atom. The molecule has 21 heavy (non-hydrogen) atoms. The van der Waals surface area contributed by atoms with E-state index in [1.165, 1.54) is 12.1 Å². The summed E-state index contributed by atoms with van der Waals surface area (Å²) in [6.45, 7) is 0.248. The van der Waals surface area contributed by atoms with Crippen molar-refractivity contribution in [2.45, 2.75) is 6.54 Å². The zero-order chi connectivity index (χ0) is 14.8. The molecular formula is C16H14FN3O. The number of nitrogens with one attached hydrogen (secondary N) is 1. The van der Waals surface area contributed by atoms with E-state index in [0.29, 0.717) is 0 Å². The van der Waals surface area contributed by atoms with Crippen LogP contribution in [0.15, 0.2) is 48.5 Å².